The van der Waals surface area contributed by atoms with Gasteiger partial charge in [-0.1, -0.05) is 33.1 Å². The minimum Gasteiger partial charge on any atom is -0.311 e. The van der Waals surface area contributed by atoms with Crippen molar-refractivity contribution in [3.63, 3.8) is 0 Å². The first-order valence-electron chi connectivity index (χ1n) is 8.64. The molecule has 0 radical (unpaired) electrons. The Hall–Kier alpha value is -0.0800. The van der Waals surface area contributed by atoms with Crippen LogP contribution in [0.4, 0.5) is 0 Å². The van der Waals surface area contributed by atoms with Crippen LogP contribution in [0, 0.1) is 11.8 Å². The summed E-state index contributed by atoms with van der Waals surface area (Å²) in [5, 5.41) is 3.80. The summed E-state index contributed by atoms with van der Waals surface area (Å²) in [4.78, 5) is 2.75. The molecule has 0 spiro atoms. The standard InChI is InChI=1S/C17H34N2/c1-14(2)9-10-15(3)19-12-11-18-17(13-19)16-7-5-4-6-8-16/h14-18H,4-13H2,1-3H3. The smallest absolute Gasteiger partial charge is 0.0223 e. The van der Waals surface area contributed by atoms with Crippen LogP contribution in [-0.4, -0.2) is 36.6 Å². The lowest BCUT2D eigenvalue weighted by Gasteiger charge is -2.42. The van der Waals surface area contributed by atoms with E-state index in [1.54, 1.807) is 0 Å². The molecule has 112 valence electrons. The van der Waals surface area contributed by atoms with E-state index in [9.17, 15) is 0 Å². The molecule has 0 amide bonds. The molecule has 1 N–H and O–H groups in total. The lowest BCUT2D eigenvalue weighted by atomic mass is 9.83. The van der Waals surface area contributed by atoms with Gasteiger partial charge in [0, 0.05) is 31.7 Å². The summed E-state index contributed by atoms with van der Waals surface area (Å²) < 4.78 is 0. The minimum atomic E-state index is 0.774. The van der Waals surface area contributed by atoms with Gasteiger partial charge in [0.2, 0.25) is 0 Å². The van der Waals surface area contributed by atoms with Crippen LogP contribution in [0.3, 0.4) is 0 Å². The van der Waals surface area contributed by atoms with Crippen LogP contribution in [-0.2, 0) is 0 Å². The summed E-state index contributed by atoms with van der Waals surface area (Å²) in [5.41, 5.74) is 0. The zero-order valence-electron chi connectivity index (χ0n) is 13.3. The van der Waals surface area contributed by atoms with Gasteiger partial charge in [0.1, 0.15) is 0 Å². The van der Waals surface area contributed by atoms with Crippen molar-refractivity contribution < 1.29 is 0 Å². The molecule has 2 rings (SSSR count). The van der Waals surface area contributed by atoms with Gasteiger partial charge in [-0.2, -0.15) is 0 Å². The Kier molecular flexibility index (Phi) is 6.15. The van der Waals surface area contributed by atoms with Gasteiger partial charge < -0.3 is 5.32 Å². The molecule has 1 saturated carbocycles. The summed E-state index contributed by atoms with van der Waals surface area (Å²) in [7, 11) is 0. The highest BCUT2D eigenvalue weighted by Crippen LogP contribution is 2.28. The Morgan fingerprint density at radius 1 is 1.05 bits per heavy atom. The summed E-state index contributed by atoms with van der Waals surface area (Å²) in [6.45, 7) is 10.9. The summed E-state index contributed by atoms with van der Waals surface area (Å²) in [5.74, 6) is 1.80. The van der Waals surface area contributed by atoms with Crippen molar-refractivity contribution in [2.45, 2.75) is 77.8 Å². The molecular weight excluding hydrogens is 232 g/mol. The third kappa shape index (κ3) is 4.75. The highest BCUT2D eigenvalue weighted by atomic mass is 15.2. The van der Waals surface area contributed by atoms with Gasteiger partial charge in [-0.25, -0.2) is 0 Å². The molecule has 1 aliphatic carbocycles. The van der Waals surface area contributed by atoms with Crippen LogP contribution in [0.15, 0.2) is 0 Å². The zero-order chi connectivity index (χ0) is 13.7. The van der Waals surface area contributed by atoms with Gasteiger partial charge in [0.25, 0.3) is 0 Å². The molecule has 1 heterocycles. The predicted molar refractivity (Wildman–Crippen MR) is 83.5 cm³/mol. The first-order chi connectivity index (χ1) is 9.16. The van der Waals surface area contributed by atoms with E-state index in [1.165, 1.54) is 64.6 Å². The van der Waals surface area contributed by atoms with Gasteiger partial charge in [-0.05, 0) is 44.4 Å². The molecule has 0 aromatic rings. The first kappa shape index (κ1) is 15.3. The molecule has 2 atom stereocenters. The Labute approximate surface area is 120 Å². The quantitative estimate of drug-likeness (QED) is 0.817. The van der Waals surface area contributed by atoms with Crippen LogP contribution in [0.1, 0.15) is 65.7 Å². The van der Waals surface area contributed by atoms with Gasteiger partial charge in [0.15, 0.2) is 0 Å². The number of rotatable bonds is 5. The zero-order valence-corrected chi connectivity index (χ0v) is 13.3. The van der Waals surface area contributed by atoms with E-state index in [2.05, 4.69) is 31.0 Å². The van der Waals surface area contributed by atoms with E-state index < -0.39 is 0 Å². The van der Waals surface area contributed by atoms with Crippen molar-refractivity contribution in [1.82, 2.24) is 10.2 Å². The van der Waals surface area contributed by atoms with Gasteiger partial charge >= 0.3 is 0 Å². The first-order valence-corrected chi connectivity index (χ1v) is 8.64. The van der Waals surface area contributed by atoms with Crippen LogP contribution in [0.2, 0.25) is 0 Å². The van der Waals surface area contributed by atoms with Crippen molar-refractivity contribution in [2.75, 3.05) is 19.6 Å². The fourth-order valence-electron chi connectivity index (χ4n) is 3.81. The Morgan fingerprint density at radius 2 is 1.79 bits per heavy atom. The summed E-state index contributed by atoms with van der Waals surface area (Å²) in [6.07, 6.45) is 10.1. The molecule has 0 aromatic carbocycles. The van der Waals surface area contributed by atoms with Crippen molar-refractivity contribution in [3.05, 3.63) is 0 Å². The highest BCUT2D eigenvalue weighted by molar-refractivity contribution is 4.87. The van der Waals surface area contributed by atoms with Crippen LogP contribution >= 0.6 is 0 Å². The molecule has 2 nitrogen and oxygen atoms in total. The number of piperazine rings is 1. The minimum absolute atomic E-state index is 0.774. The van der Waals surface area contributed by atoms with Gasteiger partial charge in [-0.15, -0.1) is 0 Å². The second-order valence-corrected chi connectivity index (χ2v) is 7.27. The molecule has 1 aliphatic heterocycles. The van der Waals surface area contributed by atoms with E-state index >= 15 is 0 Å². The molecular formula is C17H34N2. The third-order valence-corrected chi connectivity index (χ3v) is 5.24. The molecule has 2 unspecified atom stereocenters. The lowest BCUT2D eigenvalue weighted by Crippen LogP contribution is -2.56. The third-order valence-electron chi connectivity index (χ3n) is 5.24. The fraction of sp³-hybridized carbons (Fsp3) is 1.00. The molecule has 0 aromatic heterocycles. The Morgan fingerprint density at radius 3 is 2.47 bits per heavy atom. The Balaban J connectivity index is 1.78. The predicted octanol–water partition coefficient (Wildman–Crippen LogP) is 3.67. The number of hydrogen-bond donors (Lipinski definition) is 1. The van der Waals surface area contributed by atoms with Crippen LogP contribution in [0.25, 0.3) is 0 Å². The van der Waals surface area contributed by atoms with Gasteiger partial charge in [-0.3, -0.25) is 4.90 Å². The van der Waals surface area contributed by atoms with Crippen LogP contribution in [0.5, 0.6) is 0 Å². The van der Waals surface area contributed by atoms with E-state index in [0.29, 0.717) is 0 Å². The number of hydrogen-bond acceptors (Lipinski definition) is 2. The highest BCUT2D eigenvalue weighted by Gasteiger charge is 2.29. The summed E-state index contributed by atoms with van der Waals surface area (Å²) in [6, 6.07) is 1.55. The van der Waals surface area contributed by atoms with E-state index in [-0.39, 0.29) is 0 Å². The largest absolute Gasteiger partial charge is 0.311 e. The van der Waals surface area contributed by atoms with E-state index in [1.807, 2.05) is 0 Å². The Bertz CT molecular complexity index is 246. The molecule has 19 heavy (non-hydrogen) atoms. The maximum atomic E-state index is 3.80. The van der Waals surface area contributed by atoms with Crippen molar-refractivity contribution in [2.24, 2.45) is 11.8 Å². The SMILES string of the molecule is CC(C)CCC(C)N1CCNC(C2CCCCC2)C1. The normalized spacial score (nSPS) is 28.7. The molecule has 2 fully saturated rings. The molecule has 0 bridgehead atoms. The molecule has 2 heteroatoms. The average Bonchev–Trinajstić information content (AvgIpc) is 2.46. The lowest BCUT2D eigenvalue weighted by molar-refractivity contribution is 0.108. The molecule has 1 saturated heterocycles. The topological polar surface area (TPSA) is 15.3 Å². The second-order valence-electron chi connectivity index (χ2n) is 7.27. The molecule has 2 aliphatic rings. The maximum absolute atomic E-state index is 3.80. The van der Waals surface area contributed by atoms with Crippen LogP contribution < -0.4 is 5.32 Å². The van der Waals surface area contributed by atoms with E-state index in [4.69, 9.17) is 0 Å². The van der Waals surface area contributed by atoms with Gasteiger partial charge in [0.05, 0.1) is 0 Å². The van der Waals surface area contributed by atoms with Crippen molar-refractivity contribution >= 4 is 0 Å². The van der Waals surface area contributed by atoms with Crippen molar-refractivity contribution in [1.29, 1.82) is 0 Å². The monoisotopic (exact) mass is 266 g/mol. The summed E-state index contributed by atoms with van der Waals surface area (Å²) >= 11 is 0. The van der Waals surface area contributed by atoms with E-state index in [0.717, 1.165) is 23.9 Å². The number of nitrogens with one attached hydrogen (secondary N) is 1. The number of nitrogens with zero attached hydrogens (tertiary/aromatic N) is 1. The maximum Gasteiger partial charge on any atom is 0.0223 e. The fourth-order valence-corrected chi connectivity index (χ4v) is 3.81. The second kappa shape index (κ2) is 7.64. The van der Waals surface area contributed by atoms with Crippen molar-refractivity contribution in [3.8, 4) is 0 Å². The average molecular weight is 266 g/mol.